The average Bonchev–Trinajstić information content (AvgIpc) is 2.79. The summed E-state index contributed by atoms with van der Waals surface area (Å²) < 4.78 is 17.2. The van der Waals surface area contributed by atoms with Gasteiger partial charge in [0.05, 0.1) is 0 Å². The highest BCUT2D eigenvalue weighted by Gasteiger charge is 2.22. The molecule has 0 amide bonds. The Kier molecular flexibility index (Phi) is 8.30. The van der Waals surface area contributed by atoms with Crippen LogP contribution in [-0.4, -0.2) is 31.3 Å². The molecule has 2 atom stereocenters. The fraction of sp³-hybridized carbons (Fsp3) is 0.240. The van der Waals surface area contributed by atoms with Gasteiger partial charge < -0.3 is 19.5 Å². The van der Waals surface area contributed by atoms with Crippen molar-refractivity contribution in [3.63, 3.8) is 0 Å². The number of rotatable bonds is 11. The SMILES string of the molecule is C[C@@H](Oc1ccccc1)C(=O)O[C@H](CNCc1ccccc1)COc1ccccc1. The van der Waals surface area contributed by atoms with Gasteiger partial charge in [-0.15, -0.1) is 0 Å². The molecule has 3 aromatic carbocycles. The number of hydrogen-bond donors (Lipinski definition) is 1. The summed E-state index contributed by atoms with van der Waals surface area (Å²) in [6.45, 7) is 3.07. The van der Waals surface area contributed by atoms with E-state index in [1.54, 1.807) is 19.1 Å². The van der Waals surface area contributed by atoms with Crippen molar-refractivity contribution in [2.75, 3.05) is 13.2 Å². The molecule has 5 heteroatoms. The van der Waals surface area contributed by atoms with E-state index in [1.165, 1.54) is 0 Å². The quantitative estimate of drug-likeness (QED) is 0.484. The van der Waals surface area contributed by atoms with Gasteiger partial charge in [0.2, 0.25) is 0 Å². The summed E-state index contributed by atoms with van der Waals surface area (Å²) >= 11 is 0. The summed E-state index contributed by atoms with van der Waals surface area (Å²) in [6, 6.07) is 28.8. The lowest BCUT2D eigenvalue weighted by Crippen LogP contribution is -2.39. The molecule has 30 heavy (non-hydrogen) atoms. The molecule has 0 saturated heterocycles. The largest absolute Gasteiger partial charge is 0.490 e. The molecule has 156 valence electrons. The summed E-state index contributed by atoms with van der Waals surface area (Å²) in [5.74, 6) is 0.929. The normalized spacial score (nSPS) is 12.6. The average molecular weight is 405 g/mol. The highest BCUT2D eigenvalue weighted by Crippen LogP contribution is 2.13. The summed E-state index contributed by atoms with van der Waals surface area (Å²) in [5, 5.41) is 3.33. The van der Waals surface area contributed by atoms with Crippen LogP contribution in [0.3, 0.4) is 0 Å². The molecule has 0 spiro atoms. The Morgan fingerprint density at radius 3 is 2.03 bits per heavy atom. The fourth-order valence-electron chi connectivity index (χ4n) is 2.83. The Balaban J connectivity index is 1.55. The van der Waals surface area contributed by atoms with Crippen LogP contribution in [0.25, 0.3) is 0 Å². The van der Waals surface area contributed by atoms with Crippen LogP contribution in [0.1, 0.15) is 12.5 Å². The molecule has 5 nitrogen and oxygen atoms in total. The molecule has 0 fully saturated rings. The van der Waals surface area contributed by atoms with E-state index in [1.807, 2.05) is 78.9 Å². The second-order valence-electron chi connectivity index (χ2n) is 6.87. The maximum Gasteiger partial charge on any atom is 0.347 e. The van der Waals surface area contributed by atoms with Crippen LogP contribution in [0.4, 0.5) is 0 Å². The van der Waals surface area contributed by atoms with E-state index in [2.05, 4.69) is 5.32 Å². The molecule has 0 radical (unpaired) electrons. The zero-order chi connectivity index (χ0) is 21.0. The summed E-state index contributed by atoms with van der Waals surface area (Å²) in [6.07, 6.45) is -1.18. The molecule has 0 saturated carbocycles. The molecule has 0 unspecified atom stereocenters. The highest BCUT2D eigenvalue weighted by molar-refractivity contribution is 5.74. The number of hydrogen-bond acceptors (Lipinski definition) is 5. The topological polar surface area (TPSA) is 56.8 Å². The summed E-state index contributed by atoms with van der Waals surface area (Å²) in [5.41, 5.74) is 1.16. The van der Waals surface area contributed by atoms with Crippen LogP contribution in [0, 0.1) is 0 Å². The van der Waals surface area contributed by atoms with Gasteiger partial charge in [0.15, 0.2) is 6.10 Å². The molecule has 3 aromatic rings. The van der Waals surface area contributed by atoms with Crippen molar-refractivity contribution in [2.24, 2.45) is 0 Å². The van der Waals surface area contributed by atoms with Crippen LogP contribution in [-0.2, 0) is 16.1 Å². The third-order valence-corrected chi connectivity index (χ3v) is 4.39. The third kappa shape index (κ3) is 7.26. The summed E-state index contributed by atoms with van der Waals surface area (Å²) in [7, 11) is 0. The maximum absolute atomic E-state index is 12.6. The smallest absolute Gasteiger partial charge is 0.347 e. The monoisotopic (exact) mass is 405 g/mol. The van der Waals surface area contributed by atoms with E-state index in [-0.39, 0.29) is 6.61 Å². The minimum Gasteiger partial charge on any atom is -0.490 e. The van der Waals surface area contributed by atoms with Crippen molar-refractivity contribution >= 4 is 5.97 Å². The molecular weight excluding hydrogens is 378 g/mol. The Labute approximate surface area is 177 Å². The van der Waals surface area contributed by atoms with Crippen molar-refractivity contribution in [3.05, 3.63) is 96.6 Å². The molecule has 0 heterocycles. The van der Waals surface area contributed by atoms with Gasteiger partial charge in [-0.3, -0.25) is 0 Å². The highest BCUT2D eigenvalue weighted by atomic mass is 16.6. The maximum atomic E-state index is 12.6. The van der Waals surface area contributed by atoms with E-state index in [0.29, 0.717) is 18.8 Å². The lowest BCUT2D eigenvalue weighted by molar-refractivity contribution is -0.158. The minimum absolute atomic E-state index is 0.246. The Morgan fingerprint density at radius 2 is 1.40 bits per heavy atom. The van der Waals surface area contributed by atoms with Crippen LogP contribution in [0.15, 0.2) is 91.0 Å². The molecule has 0 bridgehead atoms. The van der Waals surface area contributed by atoms with E-state index < -0.39 is 18.2 Å². The first-order valence-corrected chi connectivity index (χ1v) is 10.1. The Hall–Kier alpha value is -3.31. The van der Waals surface area contributed by atoms with Crippen molar-refractivity contribution in [1.82, 2.24) is 5.32 Å². The Bertz CT molecular complexity index is 871. The van der Waals surface area contributed by atoms with Crippen LogP contribution in [0.5, 0.6) is 11.5 Å². The molecule has 1 N–H and O–H groups in total. The zero-order valence-corrected chi connectivity index (χ0v) is 17.1. The second kappa shape index (κ2) is 11.6. The molecule has 0 aliphatic rings. The molecule has 0 aliphatic carbocycles. The van der Waals surface area contributed by atoms with Crippen LogP contribution >= 0.6 is 0 Å². The number of nitrogens with one attached hydrogen (secondary N) is 1. The van der Waals surface area contributed by atoms with Gasteiger partial charge in [0, 0.05) is 13.1 Å². The van der Waals surface area contributed by atoms with Crippen molar-refractivity contribution in [2.45, 2.75) is 25.7 Å². The van der Waals surface area contributed by atoms with Crippen molar-refractivity contribution < 1.29 is 19.0 Å². The van der Waals surface area contributed by atoms with Gasteiger partial charge in [-0.25, -0.2) is 4.79 Å². The van der Waals surface area contributed by atoms with Gasteiger partial charge in [0.1, 0.15) is 24.2 Å². The lowest BCUT2D eigenvalue weighted by atomic mass is 10.2. The number of ether oxygens (including phenoxy) is 3. The number of carbonyl (C=O) groups excluding carboxylic acids is 1. The zero-order valence-electron chi connectivity index (χ0n) is 17.1. The molecule has 0 aromatic heterocycles. The van der Waals surface area contributed by atoms with E-state index in [9.17, 15) is 4.79 Å². The van der Waals surface area contributed by atoms with Gasteiger partial charge in [-0.1, -0.05) is 66.7 Å². The molecule has 0 aliphatic heterocycles. The van der Waals surface area contributed by atoms with E-state index >= 15 is 0 Å². The van der Waals surface area contributed by atoms with Crippen LogP contribution < -0.4 is 14.8 Å². The minimum atomic E-state index is -0.722. The van der Waals surface area contributed by atoms with Gasteiger partial charge in [0.25, 0.3) is 0 Å². The van der Waals surface area contributed by atoms with E-state index in [4.69, 9.17) is 14.2 Å². The third-order valence-electron chi connectivity index (χ3n) is 4.39. The van der Waals surface area contributed by atoms with E-state index in [0.717, 1.165) is 11.3 Å². The predicted octanol–water partition coefficient (Wildman–Crippen LogP) is 4.23. The Morgan fingerprint density at radius 1 is 0.833 bits per heavy atom. The first-order chi connectivity index (χ1) is 14.7. The summed E-state index contributed by atoms with van der Waals surface area (Å²) in [4.78, 5) is 12.6. The fourth-order valence-corrected chi connectivity index (χ4v) is 2.83. The van der Waals surface area contributed by atoms with Gasteiger partial charge in [-0.2, -0.15) is 0 Å². The second-order valence-corrected chi connectivity index (χ2v) is 6.87. The van der Waals surface area contributed by atoms with Crippen LogP contribution in [0.2, 0.25) is 0 Å². The number of esters is 1. The number of benzene rings is 3. The van der Waals surface area contributed by atoms with Crippen molar-refractivity contribution in [1.29, 1.82) is 0 Å². The van der Waals surface area contributed by atoms with Gasteiger partial charge in [-0.05, 0) is 36.8 Å². The molecule has 3 rings (SSSR count). The first-order valence-electron chi connectivity index (χ1n) is 10.1. The lowest BCUT2D eigenvalue weighted by Gasteiger charge is -2.22. The van der Waals surface area contributed by atoms with Gasteiger partial charge >= 0.3 is 5.97 Å². The molecular formula is C25H27NO4. The number of carbonyl (C=O) groups is 1. The predicted molar refractivity (Wildman–Crippen MR) is 116 cm³/mol. The standard InChI is InChI=1S/C25H27NO4/c1-20(29-23-15-9-4-10-16-23)25(27)30-24(19-28-22-13-7-3-8-14-22)18-26-17-21-11-5-2-6-12-21/h2-16,20,24,26H,17-19H2,1H3/t20-,24-/m1/s1. The first kappa shape index (κ1) is 21.4. The number of para-hydroxylation sites is 2. The van der Waals surface area contributed by atoms with Crippen molar-refractivity contribution in [3.8, 4) is 11.5 Å².